The lowest BCUT2D eigenvalue weighted by Gasteiger charge is -2.14. The van der Waals surface area contributed by atoms with Crippen molar-refractivity contribution in [1.29, 1.82) is 0 Å². The average Bonchev–Trinajstić information content (AvgIpc) is 3.43. The van der Waals surface area contributed by atoms with Gasteiger partial charge in [-0.05, 0) is 37.1 Å². The van der Waals surface area contributed by atoms with Crippen molar-refractivity contribution < 1.29 is 31.4 Å². The number of anilines is 3. The molecule has 0 unspecified atom stereocenters. The van der Waals surface area contributed by atoms with Crippen LogP contribution in [0.25, 0.3) is 11.5 Å². The monoisotopic (exact) mass is 457 g/mol. The van der Waals surface area contributed by atoms with Crippen LogP contribution in [0.5, 0.6) is 0 Å². The van der Waals surface area contributed by atoms with Gasteiger partial charge in [0.05, 0.1) is 0 Å². The first-order chi connectivity index (χ1) is 14.9. The van der Waals surface area contributed by atoms with Gasteiger partial charge in [0.2, 0.25) is 11.9 Å². The zero-order valence-electron chi connectivity index (χ0n) is 15.8. The standard InChI is InChI=1S/C18H13F6N7O/c19-17(20,21)11-3-1-2-10(27-11)13-28-14(30-15(29-13)31-16(32)5-6-16)26-9-4-7-25-12(8-9)18(22,23)24/h1-4,7-8,32H,5-6H2,(H2,25,26,28,29,30,31). The lowest BCUT2D eigenvalue weighted by Crippen LogP contribution is -2.22. The molecule has 3 aromatic heterocycles. The van der Waals surface area contributed by atoms with Gasteiger partial charge in [-0.15, -0.1) is 0 Å². The molecule has 0 atom stereocenters. The van der Waals surface area contributed by atoms with Crippen molar-refractivity contribution in [1.82, 2.24) is 24.9 Å². The fraction of sp³-hybridized carbons (Fsp3) is 0.278. The van der Waals surface area contributed by atoms with Crippen LogP contribution < -0.4 is 10.6 Å². The second kappa shape index (κ2) is 7.55. The topological polar surface area (TPSA) is 109 Å². The third kappa shape index (κ3) is 5.01. The van der Waals surface area contributed by atoms with Crippen molar-refractivity contribution in [2.75, 3.05) is 10.6 Å². The zero-order valence-corrected chi connectivity index (χ0v) is 15.8. The highest BCUT2D eigenvalue weighted by atomic mass is 19.4. The smallest absolute Gasteiger partial charge is 0.371 e. The van der Waals surface area contributed by atoms with Crippen molar-refractivity contribution in [2.45, 2.75) is 30.9 Å². The summed E-state index contributed by atoms with van der Waals surface area (Å²) in [5.41, 5.74) is -3.94. The lowest BCUT2D eigenvalue weighted by atomic mass is 10.3. The van der Waals surface area contributed by atoms with E-state index in [1.807, 2.05) is 0 Å². The third-order valence-corrected chi connectivity index (χ3v) is 4.28. The van der Waals surface area contributed by atoms with Crippen LogP contribution in [0.1, 0.15) is 24.2 Å². The molecule has 0 aliphatic heterocycles. The molecule has 32 heavy (non-hydrogen) atoms. The highest BCUT2D eigenvalue weighted by Crippen LogP contribution is 2.36. The van der Waals surface area contributed by atoms with Crippen LogP contribution in [0.2, 0.25) is 0 Å². The molecule has 1 saturated carbocycles. The van der Waals surface area contributed by atoms with Crippen LogP contribution in [0.3, 0.4) is 0 Å². The molecule has 1 aliphatic carbocycles. The number of aliphatic hydroxyl groups is 1. The molecule has 0 bridgehead atoms. The van der Waals surface area contributed by atoms with Crippen molar-refractivity contribution in [2.24, 2.45) is 0 Å². The molecule has 3 aromatic rings. The maximum absolute atomic E-state index is 13.0. The Morgan fingerprint density at radius 1 is 0.844 bits per heavy atom. The molecular formula is C18H13F6N7O. The van der Waals surface area contributed by atoms with E-state index in [4.69, 9.17) is 0 Å². The van der Waals surface area contributed by atoms with Crippen molar-refractivity contribution >= 4 is 17.6 Å². The molecule has 0 aromatic carbocycles. The van der Waals surface area contributed by atoms with Gasteiger partial charge in [0.15, 0.2) is 5.82 Å². The fourth-order valence-corrected chi connectivity index (χ4v) is 2.56. The van der Waals surface area contributed by atoms with E-state index < -0.39 is 29.5 Å². The Kier molecular flexibility index (Phi) is 5.11. The Morgan fingerprint density at radius 3 is 2.19 bits per heavy atom. The number of alkyl halides is 6. The summed E-state index contributed by atoms with van der Waals surface area (Å²) in [6.45, 7) is 0. The SMILES string of the molecule is OC1(Nc2nc(Nc3ccnc(C(F)(F)F)c3)nc(-c3cccc(C(F)(F)F)n3)n2)CC1. The van der Waals surface area contributed by atoms with Crippen LogP contribution in [0, 0.1) is 0 Å². The quantitative estimate of drug-likeness (QED) is 0.390. The molecule has 0 amide bonds. The molecule has 3 heterocycles. The second-order valence-electron chi connectivity index (χ2n) is 6.92. The average molecular weight is 457 g/mol. The Balaban J connectivity index is 1.72. The predicted molar refractivity (Wildman–Crippen MR) is 98.4 cm³/mol. The molecule has 168 valence electrons. The predicted octanol–water partition coefficient (Wildman–Crippen LogP) is 4.00. The minimum absolute atomic E-state index is 0.0717. The summed E-state index contributed by atoms with van der Waals surface area (Å²) < 4.78 is 77.8. The summed E-state index contributed by atoms with van der Waals surface area (Å²) in [7, 11) is 0. The zero-order chi connectivity index (χ0) is 23.1. The van der Waals surface area contributed by atoms with Crippen LogP contribution in [0.15, 0.2) is 36.5 Å². The maximum atomic E-state index is 13.0. The normalized spacial score (nSPS) is 15.3. The van der Waals surface area contributed by atoms with Gasteiger partial charge in [0.25, 0.3) is 0 Å². The molecule has 1 aliphatic rings. The van der Waals surface area contributed by atoms with Crippen molar-refractivity contribution in [3.63, 3.8) is 0 Å². The summed E-state index contributed by atoms with van der Waals surface area (Å²) in [5, 5.41) is 15.2. The van der Waals surface area contributed by atoms with Crippen LogP contribution in [-0.4, -0.2) is 35.8 Å². The molecule has 4 rings (SSSR count). The number of halogens is 6. The number of rotatable bonds is 5. The van der Waals surface area contributed by atoms with Gasteiger partial charge in [0, 0.05) is 11.9 Å². The molecule has 3 N–H and O–H groups in total. The number of nitrogens with zero attached hydrogens (tertiary/aromatic N) is 5. The summed E-state index contributed by atoms with van der Waals surface area (Å²) in [6, 6.07) is 5.06. The van der Waals surface area contributed by atoms with E-state index in [9.17, 15) is 31.4 Å². The first kappa shape index (κ1) is 21.7. The van der Waals surface area contributed by atoms with E-state index in [2.05, 4.69) is 35.6 Å². The van der Waals surface area contributed by atoms with Gasteiger partial charge >= 0.3 is 12.4 Å². The van der Waals surface area contributed by atoms with Crippen LogP contribution >= 0.6 is 0 Å². The molecular weight excluding hydrogens is 444 g/mol. The molecule has 8 nitrogen and oxygen atoms in total. The van der Waals surface area contributed by atoms with Gasteiger partial charge in [-0.3, -0.25) is 4.98 Å². The van der Waals surface area contributed by atoms with Crippen LogP contribution in [0.4, 0.5) is 43.9 Å². The van der Waals surface area contributed by atoms with E-state index in [0.717, 1.165) is 18.3 Å². The summed E-state index contributed by atoms with van der Waals surface area (Å²) in [5.74, 6) is -0.757. The number of aromatic nitrogens is 5. The van der Waals surface area contributed by atoms with E-state index in [-0.39, 0.29) is 29.1 Å². The van der Waals surface area contributed by atoms with Gasteiger partial charge in [-0.1, -0.05) is 6.07 Å². The number of hydrogen-bond donors (Lipinski definition) is 3. The van der Waals surface area contributed by atoms with E-state index >= 15 is 0 Å². The van der Waals surface area contributed by atoms with Crippen molar-refractivity contribution in [3.05, 3.63) is 47.9 Å². The molecule has 0 radical (unpaired) electrons. The largest absolute Gasteiger partial charge is 0.433 e. The Morgan fingerprint density at radius 2 is 1.53 bits per heavy atom. The highest BCUT2D eigenvalue weighted by Gasteiger charge is 2.41. The van der Waals surface area contributed by atoms with E-state index in [0.29, 0.717) is 18.9 Å². The van der Waals surface area contributed by atoms with Crippen molar-refractivity contribution in [3.8, 4) is 11.5 Å². The third-order valence-electron chi connectivity index (χ3n) is 4.28. The number of pyridine rings is 2. The highest BCUT2D eigenvalue weighted by molar-refractivity contribution is 5.59. The number of nitrogens with one attached hydrogen (secondary N) is 2. The molecule has 0 spiro atoms. The van der Waals surface area contributed by atoms with Gasteiger partial charge < -0.3 is 15.7 Å². The molecule has 14 heteroatoms. The fourth-order valence-electron chi connectivity index (χ4n) is 2.56. The summed E-state index contributed by atoms with van der Waals surface area (Å²) in [4.78, 5) is 18.7. The van der Waals surface area contributed by atoms with Gasteiger partial charge in [-0.25, -0.2) is 4.98 Å². The van der Waals surface area contributed by atoms with Gasteiger partial charge in [0.1, 0.15) is 22.8 Å². The van der Waals surface area contributed by atoms with Gasteiger partial charge in [-0.2, -0.15) is 41.3 Å². The second-order valence-corrected chi connectivity index (χ2v) is 6.92. The molecule has 0 saturated heterocycles. The first-order valence-electron chi connectivity index (χ1n) is 9.03. The maximum Gasteiger partial charge on any atom is 0.433 e. The summed E-state index contributed by atoms with van der Waals surface area (Å²) >= 11 is 0. The molecule has 1 fully saturated rings. The number of hydrogen-bond acceptors (Lipinski definition) is 8. The first-order valence-corrected chi connectivity index (χ1v) is 9.03. The Labute approximate surface area is 175 Å². The minimum Gasteiger partial charge on any atom is -0.371 e. The lowest BCUT2D eigenvalue weighted by molar-refractivity contribution is -0.141. The Bertz CT molecular complexity index is 1150. The summed E-state index contributed by atoms with van der Waals surface area (Å²) in [6.07, 6.45) is -7.70. The minimum atomic E-state index is -4.71. The Hall–Kier alpha value is -3.55. The van der Waals surface area contributed by atoms with E-state index in [1.165, 1.54) is 12.1 Å². The van der Waals surface area contributed by atoms with E-state index in [1.54, 1.807) is 0 Å². The van der Waals surface area contributed by atoms with Crippen LogP contribution in [-0.2, 0) is 12.4 Å².